The summed E-state index contributed by atoms with van der Waals surface area (Å²) >= 11 is 0. The summed E-state index contributed by atoms with van der Waals surface area (Å²) in [4.78, 5) is 19.7. The molecule has 0 bridgehead atoms. The van der Waals surface area contributed by atoms with Crippen molar-refractivity contribution in [2.24, 2.45) is 0 Å². The quantitative estimate of drug-likeness (QED) is 0.321. The van der Waals surface area contributed by atoms with Crippen LogP contribution in [0.4, 0.5) is 4.39 Å². The number of nitrogens with zero attached hydrogens (tertiary/aromatic N) is 2. The lowest BCUT2D eigenvalue weighted by molar-refractivity contribution is -0.145. The number of ether oxygens (including phenoxy) is 2. The van der Waals surface area contributed by atoms with E-state index in [2.05, 4.69) is 16.9 Å². The average Bonchev–Trinajstić information content (AvgIpc) is 3.28. The van der Waals surface area contributed by atoms with Crippen molar-refractivity contribution in [3.05, 3.63) is 66.2 Å². The predicted octanol–water partition coefficient (Wildman–Crippen LogP) is 6.05. The zero-order valence-electron chi connectivity index (χ0n) is 19.9. The molecule has 1 fully saturated rings. The molecular weight excluding hydrogens is 463 g/mol. The minimum Gasteiger partial charge on any atom is -0.480 e. The number of hydrogen-bond acceptors (Lipinski definition) is 6. The Kier molecular flexibility index (Phi) is 6.95. The van der Waals surface area contributed by atoms with Gasteiger partial charge in [-0.2, -0.15) is 0 Å². The fourth-order valence-corrected chi connectivity index (χ4v) is 4.72. The molecule has 36 heavy (non-hydrogen) atoms. The first-order valence-corrected chi connectivity index (χ1v) is 12.1. The Balaban J connectivity index is 1.58. The lowest BCUT2D eigenvalue weighted by atomic mass is 9.94. The highest BCUT2D eigenvalue weighted by Gasteiger charge is 2.29. The number of carboxylic acid groups (broad SMARTS) is 1. The summed E-state index contributed by atoms with van der Waals surface area (Å²) in [6, 6.07) is 14.5. The van der Waals surface area contributed by atoms with Gasteiger partial charge in [-0.25, -0.2) is 19.2 Å². The summed E-state index contributed by atoms with van der Waals surface area (Å²) in [6.45, 7) is 1.76. The number of aryl methyl sites for hydroxylation is 1. The molecule has 1 saturated carbocycles. The van der Waals surface area contributed by atoms with E-state index < -0.39 is 11.8 Å². The molecule has 1 N–H and O–H groups in total. The van der Waals surface area contributed by atoms with Gasteiger partial charge in [-0.1, -0.05) is 43.3 Å². The molecule has 0 spiro atoms. The van der Waals surface area contributed by atoms with Gasteiger partial charge in [0.2, 0.25) is 11.6 Å². The van der Waals surface area contributed by atoms with Crippen LogP contribution in [0.1, 0.15) is 38.2 Å². The second kappa shape index (κ2) is 10.5. The molecule has 0 saturated heterocycles. The molecule has 8 heteroatoms. The number of halogens is 1. The van der Waals surface area contributed by atoms with Gasteiger partial charge in [-0.3, -0.25) is 0 Å². The first-order valence-electron chi connectivity index (χ1n) is 12.1. The topological polar surface area (TPSA) is 94.7 Å². The van der Waals surface area contributed by atoms with Crippen LogP contribution >= 0.6 is 0 Å². The number of carboxylic acids is 1. The zero-order chi connectivity index (χ0) is 25.1. The van der Waals surface area contributed by atoms with Crippen molar-refractivity contribution in [1.29, 1.82) is 0 Å². The van der Waals surface area contributed by atoms with E-state index >= 15 is 0 Å². The van der Waals surface area contributed by atoms with E-state index in [0.29, 0.717) is 40.3 Å². The molecule has 0 amide bonds. The second-order valence-electron chi connectivity index (χ2n) is 8.93. The molecule has 186 valence electrons. The van der Waals surface area contributed by atoms with Crippen molar-refractivity contribution in [3.8, 4) is 28.3 Å². The lowest BCUT2D eigenvalue weighted by Gasteiger charge is -2.29. The summed E-state index contributed by atoms with van der Waals surface area (Å²) in [5.74, 6) is -0.675. The van der Waals surface area contributed by atoms with Crippen molar-refractivity contribution in [2.45, 2.75) is 51.2 Å². The van der Waals surface area contributed by atoms with Crippen molar-refractivity contribution in [1.82, 2.24) is 9.97 Å². The van der Waals surface area contributed by atoms with Gasteiger partial charge in [-0.15, -0.1) is 0 Å². The first-order chi connectivity index (χ1) is 17.5. The molecular formula is C28H27FN2O5. The van der Waals surface area contributed by atoms with Crippen molar-refractivity contribution in [3.63, 3.8) is 0 Å². The molecule has 7 nitrogen and oxygen atoms in total. The minimum atomic E-state index is -0.992. The zero-order valence-corrected chi connectivity index (χ0v) is 19.9. The molecule has 0 unspecified atom stereocenters. The Labute approximate surface area is 207 Å². The Bertz CT molecular complexity index is 1370. The highest BCUT2D eigenvalue weighted by molar-refractivity contribution is 6.03. The van der Waals surface area contributed by atoms with E-state index in [-0.39, 0.29) is 18.8 Å². The summed E-state index contributed by atoms with van der Waals surface area (Å²) < 4.78 is 32.9. The SMILES string of the molecule is CCc1ccc(-c2c(-c3ccccc3F)oc3ncnc(O[C@H]4CCC[C@@H](OCC(=O)O)C4)c23)cc1. The molecule has 4 aromatic rings. The maximum atomic E-state index is 14.9. The molecule has 1 aliphatic rings. The Morgan fingerprint density at radius 2 is 1.89 bits per heavy atom. The third kappa shape index (κ3) is 4.95. The minimum absolute atomic E-state index is 0.198. The van der Waals surface area contributed by atoms with Crippen LogP contribution in [0.2, 0.25) is 0 Å². The van der Waals surface area contributed by atoms with Gasteiger partial charge >= 0.3 is 5.97 Å². The van der Waals surface area contributed by atoms with Crippen LogP contribution in [-0.2, 0) is 16.0 Å². The van der Waals surface area contributed by atoms with E-state index in [0.717, 1.165) is 31.2 Å². The molecule has 2 aromatic heterocycles. The number of fused-ring (bicyclic) bond motifs is 1. The Hall–Kier alpha value is -3.78. The van der Waals surface area contributed by atoms with Gasteiger partial charge < -0.3 is 19.0 Å². The van der Waals surface area contributed by atoms with Gasteiger partial charge in [0.25, 0.3) is 0 Å². The average molecular weight is 491 g/mol. The first kappa shape index (κ1) is 23.9. The van der Waals surface area contributed by atoms with Crippen LogP contribution in [0.15, 0.2) is 59.3 Å². The van der Waals surface area contributed by atoms with Gasteiger partial charge in [0.1, 0.15) is 36.0 Å². The molecule has 0 radical (unpaired) electrons. The third-order valence-corrected chi connectivity index (χ3v) is 6.52. The number of carbonyl (C=O) groups is 1. The van der Waals surface area contributed by atoms with Gasteiger partial charge in [0, 0.05) is 12.0 Å². The number of furan rings is 1. The normalized spacial score (nSPS) is 17.8. The van der Waals surface area contributed by atoms with Crippen LogP contribution in [0.3, 0.4) is 0 Å². The molecule has 5 rings (SSSR count). The number of aliphatic carboxylic acids is 1. The molecule has 1 aliphatic carbocycles. The van der Waals surface area contributed by atoms with E-state index in [1.165, 1.54) is 18.0 Å². The standard InChI is InChI=1S/C28H27FN2O5/c1-2-17-10-12-18(13-11-17)24-25-27(35-20-7-5-6-19(14-20)34-15-23(32)33)30-16-31-28(25)36-26(24)21-8-3-4-9-22(21)29/h3-4,8-13,16,19-20H,2,5-7,14-15H2,1H3,(H,32,33)/t19-,20+/m1/s1. The fraction of sp³-hybridized carbons (Fsp3) is 0.321. The second-order valence-corrected chi connectivity index (χ2v) is 8.93. The smallest absolute Gasteiger partial charge is 0.329 e. The summed E-state index contributed by atoms with van der Waals surface area (Å²) in [7, 11) is 0. The highest BCUT2D eigenvalue weighted by Crippen LogP contribution is 2.44. The van der Waals surface area contributed by atoms with E-state index in [1.54, 1.807) is 18.2 Å². The van der Waals surface area contributed by atoms with Gasteiger partial charge in [-0.05, 0) is 48.9 Å². The maximum absolute atomic E-state index is 14.9. The van der Waals surface area contributed by atoms with Crippen LogP contribution in [0.5, 0.6) is 5.88 Å². The fourth-order valence-electron chi connectivity index (χ4n) is 4.72. The summed E-state index contributed by atoms with van der Waals surface area (Å²) in [5, 5.41) is 9.52. The van der Waals surface area contributed by atoms with Gasteiger partial charge in [0.15, 0.2) is 0 Å². The van der Waals surface area contributed by atoms with Crippen LogP contribution in [-0.4, -0.2) is 39.9 Å². The summed E-state index contributed by atoms with van der Waals surface area (Å²) in [6.07, 6.45) is 4.84. The van der Waals surface area contributed by atoms with Gasteiger partial charge in [0.05, 0.1) is 11.7 Å². The molecule has 2 heterocycles. The van der Waals surface area contributed by atoms with Crippen LogP contribution in [0.25, 0.3) is 33.6 Å². The molecule has 2 aromatic carbocycles. The maximum Gasteiger partial charge on any atom is 0.329 e. The number of rotatable bonds is 8. The van der Waals surface area contributed by atoms with E-state index in [4.69, 9.17) is 19.0 Å². The van der Waals surface area contributed by atoms with E-state index in [9.17, 15) is 9.18 Å². The number of hydrogen-bond donors (Lipinski definition) is 1. The Morgan fingerprint density at radius 1 is 1.11 bits per heavy atom. The number of benzene rings is 2. The van der Waals surface area contributed by atoms with Crippen LogP contribution in [0, 0.1) is 5.82 Å². The van der Waals surface area contributed by atoms with Crippen LogP contribution < -0.4 is 4.74 Å². The highest BCUT2D eigenvalue weighted by atomic mass is 19.1. The van der Waals surface area contributed by atoms with Crippen molar-refractivity contribution >= 4 is 17.1 Å². The number of aromatic nitrogens is 2. The lowest BCUT2D eigenvalue weighted by Crippen LogP contribution is -2.31. The van der Waals surface area contributed by atoms with E-state index in [1.807, 2.05) is 24.3 Å². The third-order valence-electron chi connectivity index (χ3n) is 6.52. The van der Waals surface area contributed by atoms with Crippen molar-refractivity contribution in [2.75, 3.05) is 6.61 Å². The molecule has 0 aliphatic heterocycles. The molecule has 2 atom stereocenters. The monoisotopic (exact) mass is 490 g/mol. The summed E-state index contributed by atoms with van der Waals surface area (Å²) in [5.41, 5.74) is 3.33. The predicted molar refractivity (Wildman–Crippen MR) is 132 cm³/mol. The Morgan fingerprint density at radius 3 is 2.64 bits per heavy atom. The largest absolute Gasteiger partial charge is 0.480 e. The van der Waals surface area contributed by atoms with Crippen molar-refractivity contribution < 1.29 is 28.2 Å².